The van der Waals surface area contributed by atoms with E-state index in [0.29, 0.717) is 17.0 Å². The molecule has 0 fully saturated rings. The van der Waals surface area contributed by atoms with Crippen LogP contribution < -0.4 is 5.32 Å². The van der Waals surface area contributed by atoms with Crippen LogP contribution in [-0.4, -0.2) is 22.7 Å². The number of benzene rings is 1. The highest BCUT2D eigenvalue weighted by atomic mass is 35.5. The van der Waals surface area contributed by atoms with Crippen molar-refractivity contribution in [1.29, 1.82) is 0 Å². The number of nitrogens with one attached hydrogen (secondary N) is 1. The number of Topliss-reactive ketones (excluding diaryl/α,β-unsaturated/α-hetero) is 1. The number of phenols is 1. The first kappa shape index (κ1) is 15.8. The highest BCUT2D eigenvalue weighted by molar-refractivity contribution is 6.27. The van der Waals surface area contributed by atoms with Gasteiger partial charge in [-0.05, 0) is 49.3 Å². The maximum atomic E-state index is 11.7. The van der Waals surface area contributed by atoms with Crippen molar-refractivity contribution in [2.24, 2.45) is 0 Å². The van der Waals surface area contributed by atoms with Gasteiger partial charge in [-0.15, -0.1) is 11.6 Å². The number of aromatic hydroxyl groups is 1. The number of amides is 1. The van der Waals surface area contributed by atoms with Crippen molar-refractivity contribution < 1.29 is 14.7 Å². The van der Waals surface area contributed by atoms with E-state index in [4.69, 9.17) is 11.6 Å². The molecule has 0 aromatic heterocycles. The van der Waals surface area contributed by atoms with Gasteiger partial charge in [-0.1, -0.05) is 6.92 Å². The standard InChI is InChI=1S/C16H20ClNO3/c1-9-4-3-5-11-12(9)6-13(10(2)19)16(21)14(11)8-18-15(20)7-17/h6,9,21H,3-5,7-8H2,1-2H3,(H,18,20). The van der Waals surface area contributed by atoms with Crippen LogP contribution >= 0.6 is 11.6 Å². The Labute approximate surface area is 129 Å². The maximum Gasteiger partial charge on any atom is 0.235 e. The topological polar surface area (TPSA) is 66.4 Å². The van der Waals surface area contributed by atoms with Crippen molar-refractivity contribution in [2.45, 2.75) is 45.6 Å². The molecule has 1 aliphatic rings. The molecule has 0 heterocycles. The van der Waals surface area contributed by atoms with E-state index in [1.807, 2.05) is 6.07 Å². The zero-order chi connectivity index (χ0) is 15.6. The smallest absolute Gasteiger partial charge is 0.235 e. The largest absolute Gasteiger partial charge is 0.507 e. The molecule has 5 heteroatoms. The molecule has 1 aromatic rings. The first-order chi connectivity index (χ1) is 9.95. The van der Waals surface area contributed by atoms with Gasteiger partial charge < -0.3 is 10.4 Å². The Balaban J connectivity index is 2.49. The Bertz CT molecular complexity index is 583. The summed E-state index contributed by atoms with van der Waals surface area (Å²) in [6.07, 6.45) is 2.98. The minimum atomic E-state index is -0.290. The van der Waals surface area contributed by atoms with Crippen LogP contribution in [0.25, 0.3) is 0 Å². The van der Waals surface area contributed by atoms with Gasteiger partial charge in [-0.3, -0.25) is 9.59 Å². The summed E-state index contributed by atoms with van der Waals surface area (Å²) in [5, 5.41) is 13.1. The number of alkyl halides is 1. The molecular weight excluding hydrogens is 290 g/mol. The van der Waals surface area contributed by atoms with Gasteiger partial charge in [0.1, 0.15) is 11.6 Å². The molecule has 114 valence electrons. The van der Waals surface area contributed by atoms with Gasteiger partial charge in [-0.2, -0.15) is 0 Å². The summed E-state index contributed by atoms with van der Waals surface area (Å²) < 4.78 is 0. The molecule has 0 saturated heterocycles. The van der Waals surface area contributed by atoms with Crippen LogP contribution in [0.2, 0.25) is 0 Å². The second kappa shape index (κ2) is 6.48. The predicted octanol–water partition coefficient (Wildman–Crippen LogP) is 2.89. The van der Waals surface area contributed by atoms with Crippen LogP contribution in [0.5, 0.6) is 5.75 Å². The van der Waals surface area contributed by atoms with Gasteiger partial charge in [0.15, 0.2) is 5.78 Å². The Morgan fingerprint density at radius 1 is 1.48 bits per heavy atom. The van der Waals surface area contributed by atoms with Crippen molar-refractivity contribution >= 4 is 23.3 Å². The fourth-order valence-electron chi connectivity index (χ4n) is 2.96. The number of halogens is 1. The fraction of sp³-hybridized carbons (Fsp3) is 0.500. The third-order valence-electron chi connectivity index (χ3n) is 4.11. The maximum absolute atomic E-state index is 11.7. The Morgan fingerprint density at radius 3 is 2.81 bits per heavy atom. The summed E-state index contributed by atoms with van der Waals surface area (Å²) in [5.74, 6) is -0.230. The zero-order valence-electron chi connectivity index (χ0n) is 12.3. The van der Waals surface area contributed by atoms with Crippen LogP contribution in [0, 0.1) is 0 Å². The molecule has 1 aromatic carbocycles. The summed E-state index contributed by atoms with van der Waals surface area (Å²) in [6, 6.07) is 1.81. The van der Waals surface area contributed by atoms with Crippen LogP contribution in [0.4, 0.5) is 0 Å². The second-order valence-electron chi connectivity index (χ2n) is 5.58. The number of fused-ring (bicyclic) bond motifs is 1. The highest BCUT2D eigenvalue weighted by Crippen LogP contribution is 2.39. The van der Waals surface area contributed by atoms with E-state index in [9.17, 15) is 14.7 Å². The molecule has 2 N–H and O–H groups in total. The highest BCUT2D eigenvalue weighted by Gasteiger charge is 2.25. The summed E-state index contributed by atoms with van der Waals surface area (Å²) in [7, 11) is 0. The van der Waals surface area contributed by atoms with Crippen molar-refractivity contribution in [3.05, 3.63) is 28.3 Å². The van der Waals surface area contributed by atoms with E-state index in [1.165, 1.54) is 6.92 Å². The van der Waals surface area contributed by atoms with E-state index in [-0.39, 0.29) is 29.9 Å². The molecule has 0 spiro atoms. The second-order valence-corrected chi connectivity index (χ2v) is 5.85. The van der Waals surface area contributed by atoms with Gasteiger partial charge in [0.25, 0.3) is 0 Å². The van der Waals surface area contributed by atoms with Gasteiger partial charge in [0.05, 0.1) is 5.56 Å². The summed E-state index contributed by atoms with van der Waals surface area (Å²) in [4.78, 5) is 23.1. The number of carbonyl (C=O) groups is 2. The minimum absolute atomic E-state index is 0.00905. The molecule has 1 unspecified atom stereocenters. The SMILES string of the molecule is CC(=O)c1cc2c(c(CNC(=O)CCl)c1O)CCCC2C. The average Bonchev–Trinajstić information content (AvgIpc) is 2.45. The fourth-order valence-corrected chi connectivity index (χ4v) is 3.05. The van der Waals surface area contributed by atoms with Gasteiger partial charge in [-0.25, -0.2) is 0 Å². The molecule has 0 saturated carbocycles. The molecule has 4 nitrogen and oxygen atoms in total. The van der Waals surface area contributed by atoms with Crippen molar-refractivity contribution in [3.8, 4) is 5.75 Å². The summed E-state index contributed by atoms with van der Waals surface area (Å²) in [5.41, 5.74) is 3.16. The molecular formula is C16H20ClNO3. The summed E-state index contributed by atoms with van der Waals surface area (Å²) in [6.45, 7) is 3.77. The number of carbonyl (C=O) groups excluding carboxylic acids is 2. The van der Waals surface area contributed by atoms with Crippen molar-refractivity contribution in [1.82, 2.24) is 5.32 Å². The lowest BCUT2D eigenvalue weighted by Gasteiger charge is -2.26. The number of hydrogen-bond acceptors (Lipinski definition) is 3. The number of rotatable bonds is 4. The van der Waals surface area contributed by atoms with E-state index in [2.05, 4.69) is 12.2 Å². The lowest BCUT2D eigenvalue weighted by atomic mass is 9.79. The molecule has 0 aliphatic heterocycles. The van der Waals surface area contributed by atoms with Gasteiger partial charge >= 0.3 is 0 Å². The van der Waals surface area contributed by atoms with Crippen LogP contribution in [0.1, 0.15) is 59.7 Å². The molecule has 0 radical (unpaired) electrons. The van der Waals surface area contributed by atoms with E-state index in [0.717, 1.165) is 30.4 Å². The Hall–Kier alpha value is -1.55. The van der Waals surface area contributed by atoms with E-state index in [1.54, 1.807) is 0 Å². The number of hydrogen-bond donors (Lipinski definition) is 2. The third-order valence-corrected chi connectivity index (χ3v) is 4.35. The third kappa shape index (κ3) is 3.21. The first-order valence-corrected chi connectivity index (χ1v) is 7.70. The normalized spacial score (nSPS) is 17.2. The monoisotopic (exact) mass is 309 g/mol. The van der Waals surface area contributed by atoms with Crippen molar-refractivity contribution in [3.63, 3.8) is 0 Å². The quantitative estimate of drug-likeness (QED) is 0.664. The lowest BCUT2D eigenvalue weighted by molar-refractivity contribution is -0.118. The van der Waals surface area contributed by atoms with Crippen LogP contribution in [0.15, 0.2) is 6.07 Å². The molecule has 0 bridgehead atoms. The Kier molecular flexibility index (Phi) is 4.88. The molecule has 2 rings (SSSR count). The van der Waals surface area contributed by atoms with Gasteiger partial charge in [0.2, 0.25) is 5.91 Å². The number of phenolic OH excluding ortho intramolecular Hbond substituents is 1. The molecule has 1 atom stereocenters. The summed E-state index contributed by atoms with van der Waals surface area (Å²) >= 11 is 5.48. The van der Waals surface area contributed by atoms with Crippen LogP contribution in [-0.2, 0) is 17.8 Å². The van der Waals surface area contributed by atoms with Crippen LogP contribution in [0.3, 0.4) is 0 Å². The van der Waals surface area contributed by atoms with E-state index >= 15 is 0 Å². The first-order valence-electron chi connectivity index (χ1n) is 7.16. The predicted molar refractivity (Wildman–Crippen MR) is 82.0 cm³/mol. The van der Waals surface area contributed by atoms with E-state index < -0.39 is 0 Å². The molecule has 21 heavy (non-hydrogen) atoms. The Morgan fingerprint density at radius 2 is 2.19 bits per heavy atom. The lowest BCUT2D eigenvalue weighted by Crippen LogP contribution is -2.25. The molecule has 1 amide bonds. The minimum Gasteiger partial charge on any atom is -0.507 e. The molecule has 1 aliphatic carbocycles. The average molecular weight is 310 g/mol. The van der Waals surface area contributed by atoms with Gasteiger partial charge in [0, 0.05) is 12.1 Å². The zero-order valence-corrected chi connectivity index (χ0v) is 13.1. The van der Waals surface area contributed by atoms with Crippen molar-refractivity contribution in [2.75, 3.05) is 5.88 Å². The number of ketones is 1.